The van der Waals surface area contributed by atoms with Gasteiger partial charge in [0.15, 0.2) is 0 Å². The van der Waals surface area contributed by atoms with Crippen molar-refractivity contribution >= 4 is 11.0 Å². The zero-order valence-corrected chi connectivity index (χ0v) is 13.9. The van der Waals surface area contributed by atoms with Crippen LogP contribution in [0.15, 0.2) is 92.0 Å². The summed E-state index contributed by atoms with van der Waals surface area (Å²) in [6.07, 6.45) is 11.1. The number of imidazole rings is 1. The van der Waals surface area contributed by atoms with Crippen LogP contribution >= 0.6 is 0 Å². The highest BCUT2D eigenvalue weighted by molar-refractivity contribution is 5.80. The number of rotatable bonds is 3. The van der Waals surface area contributed by atoms with E-state index < -0.39 is 0 Å². The smallest absolute Gasteiger partial charge is 0.115 e. The molecule has 0 saturated heterocycles. The summed E-state index contributed by atoms with van der Waals surface area (Å²) in [6, 6.07) is 18.6. The SMILES string of the molecule is c1cc(-c2cncnc2)cc(-n2cnc3cc(-n4cccc4)ccc32)c1. The first-order valence-electron chi connectivity index (χ1n) is 8.35. The summed E-state index contributed by atoms with van der Waals surface area (Å²) in [4.78, 5) is 12.8. The molecular weight excluding hydrogens is 322 g/mol. The lowest BCUT2D eigenvalue weighted by atomic mass is 10.1. The Morgan fingerprint density at radius 3 is 2.42 bits per heavy atom. The number of hydrogen-bond donors (Lipinski definition) is 0. The molecule has 5 aromatic rings. The number of hydrogen-bond acceptors (Lipinski definition) is 3. The van der Waals surface area contributed by atoms with Crippen molar-refractivity contribution in [3.63, 3.8) is 0 Å². The standard InChI is InChI=1S/C21H15N5/c1-2-9-25(8-1)18-6-7-21-20(11-18)24-15-26(21)19-5-3-4-16(10-19)17-12-22-14-23-13-17/h1-15H. The average Bonchev–Trinajstić information content (AvgIpc) is 3.38. The maximum atomic E-state index is 4.59. The monoisotopic (exact) mass is 337 g/mol. The van der Waals surface area contributed by atoms with Gasteiger partial charge < -0.3 is 4.57 Å². The molecule has 26 heavy (non-hydrogen) atoms. The normalized spacial score (nSPS) is 11.1. The average molecular weight is 337 g/mol. The highest BCUT2D eigenvalue weighted by atomic mass is 15.1. The van der Waals surface area contributed by atoms with E-state index in [1.54, 1.807) is 6.33 Å². The van der Waals surface area contributed by atoms with Crippen molar-refractivity contribution in [2.24, 2.45) is 0 Å². The van der Waals surface area contributed by atoms with Crippen molar-refractivity contribution in [2.45, 2.75) is 0 Å². The van der Waals surface area contributed by atoms with Crippen LogP contribution in [0.4, 0.5) is 0 Å². The molecule has 0 fully saturated rings. The van der Waals surface area contributed by atoms with Gasteiger partial charge in [-0.15, -0.1) is 0 Å². The molecule has 0 aliphatic heterocycles. The largest absolute Gasteiger partial charge is 0.324 e. The molecule has 5 rings (SSSR count). The Morgan fingerprint density at radius 2 is 1.58 bits per heavy atom. The van der Waals surface area contributed by atoms with Gasteiger partial charge in [0.1, 0.15) is 12.7 Å². The Balaban J connectivity index is 1.59. The Bertz CT molecular complexity index is 1170. The lowest BCUT2D eigenvalue weighted by Gasteiger charge is -2.08. The van der Waals surface area contributed by atoms with E-state index in [-0.39, 0.29) is 0 Å². The number of nitrogens with zero attached hydrogens (tertiary/aromatic N) is 5. The van der Waals surface area contributed by atoms with Crippen LogP contribution in [0.25, 0.3) is 33.5 Å². The topological polar surface area (TPSA) is 48.5 Å². The Kier molecular flexibility index (Phi) is 3.35. The summed E-state index contributed by atoms with van der Waals surface area (Å²) in [5.41, 5.74) is 6.26. The van der Waals surface area contributed by atoms with Crippen LogP contribution in [0, 0.1) is 0 Å². The molecule has 3 heterocycles. The van der Waals surface area contributed by atoms with Crippen LogP contribution in [0.2, 0.25) is 0 Å². The van der Waals surface area contributed by atoms with Gasteiger partial charge >= 0.3 is 0 Å². The van der Waals surface area contributed by atoms with Gasteiger partial charge in [0.05, 0.1) is 11.0 Å². The molecule has 0 spiro atoms. The molecule has 0 radical (unpaired) electrons. The molecule has 5 nitrogen and oxygen atoms in total. The molecular formula is C21H15N5. The first kappa shape index (κ1) is 14.6. The van der Waals surface area contributed by atoms with Crippen LogP contribution in [0.3, 0.4) is 0 Å². The minimum atomic E-state index is 0.963. The summed E-state index contributed by atoms with van der Waals surface area (Å²) < 4.78 is 4.18. The Labute approximate surface area is 150 Å². The quantitative estimate of drug-likeness (QED) is 0.494. The zero-order chi connectivity index (χ0) is 17.3. The van der Waals surface area contributed by atoms with Crippen molar-refractivity contribution in [1.29, 1.82) is 0 Å². The fraction of sp³-hybridized carbons (Fsp3) is 0. The van der Waals surface area contributed by atoms with Gasteiger partial charge in [-0.3, -0.25) is 4.57 Å². The second-order valence-corrected chi connectivity index (χ2v) is 6.06. The van der Waals surface area contributed by atoms with Gasteiger partial charge in [-0.2, -0.15) is 0 Å². The summed E-state index contributed by atoms with van der Waals surface area (Å²) in [7, 11) is 0. The van der Waals surface area contributed by atoms with Gasteiger partial charge in [-0.1, -0.05) is 12.1 Å². The van der Waals surface area contributed by atoms with E-state index in [0.29, 0.717) is 0 Å². The van der Waals surface area contributed by atoms with E-state index in [2.05, 4.69) is 60.5 Å². The summed E-state index contributed by atoms with van der Waals surface area (Å²) >= 11 is 0. The van der Waals surface area contributed by atoms with Crippen LogP contribution in [-0.2, 0) is 0 Å². The van der Waals surface area contributed by atoms with Gasteiger partial charge in [0.2, 0.25) is 0 Å². The summed E-state index contributed by atoms with van der Waals surface area (Å²) in [5.74, 6) is 0. The van der Waals surface area contributed by atoms with Crippen molar-refractivity contribution in [3.05, 3.63) is 92.0 Å². The van der Waals surface area contributed by atoms with E-state index >= 15 is 0 Å². The molecule has 3 aromatic heterocycles. The highest BCUT2D eigenvalue weighted by Gasteiger charge is 2.08. The molecule has 0 N–H and O–H groups in total. The third-order valence-electron chi connectivity index (χ3n) is 4.45. The van der Waals surface area contributed by atoms with E-state index in [4.69, 9.17) is 0 Å². The summed E-state index contributed by atoms with van der Waals surface area (Å²) in [5, 5.41) is 0. The van der Waals surface area contributed by atoms with Crippen LogP contribution in [-0.4, -0.2) is 24.1 Å². The molecule has 2 aromatic carbocycles. The van der Waals surface area contributed by atoms with Crippen molar-refractivity contribution in [1.82, 2.24) is 24.1 Å². The van der Waals surface area contributed by atoms with Gasteiger partial charge in [-0.25, -0.2) is 15.0 Å². The number of fused-ring (bicyclic) bond motifs is 1. The zero-order valence-electron chi connectivity index (χ0n) is 13.9. The molecule has 0 aliphatic rings. The molecule has 5 heteroatoms. The molecule has 0 bridgehead atoms. The van der Waals surface area contributed by atoms with Crippen LogP contribution in [0.5, 0.6) is 0 Å². The molecule has 0 saturated carbocycles. The summed E-state index contributed by atoms with van der Waals surface area (Å²) in [6.45, 7) is 0. The van der Waals surface area contributed by atoms with E-state index in [0.717, 1.165) is 33.5 Å². The van der Waals surface area contributed by atoms with Gasteiger partial charge in [0, 0.05) is 41.7 Å². The second kappa shape index (κ2) is 5.97. The van der Waals surface area contributed by atoms with Crippen LogP contribution < -0.4 is 0 Å². The van der Waals surface area contributed by atoms with E-state index in [1.807, 2.05) is 49.3 Å². The third kappa shape index (κ3) is 2.46. The van der Waals surface area contributed by atoms with Gasteiger partial charge in [0.25, 0.3) is 0 Å². The molecule has 0 atom stereocenters. The minimum Gasteiger partial charge on any atom is -0.324 e. The number of aromatic nitrogens is 5. The first-order chi connectivity index (χ1) is 12.9. The van der Waals surface area contributed by atoms with Crippen molar-refractivity contribution < 1.29 is 0 Å². The molecule has 0 unspecified atom stereocenters. The maximum Gasteiger partial charge on any atom is 0.115 e. The Hall–Kier alpha value is -3.73. The predicted molar refractivity (Wildman–Crippen MR) is 101 cm³/mol. The molecule has 124 valence electrons. The van der Waals surface area contributed by atoms with Crippen molar-refractivity contribution in [2.75, 3.05) is 0 Å². The number of benzene rings is 2. The Morgan fingerprint density at radius 1 is 0.731 bits per heavy atom. The van der Waals surface area contributed by atoms with Gasteiger partial charge in [-0.05, 0) is 48.0 Å². The first-order valence-corrected chi connectivity index (χ1v) is 8.35. The van der Waals surface area contributed by atoms with E-state index in [9.17, 15) is 0 Å². The van der Waals surface area contributed by atoms with Crippen LogP contribution in [0.1, 0.15) is 0 Å². The van der Waals surface area contributed by atoms with E-state index in [1.165, 1.54) is 0 Å². The fourth-order valence-corrected chi connectivity index (χ4v) is 3.16. The fourth-order valence-electron chi connectivity index (χ4n) is 3.16. The van der Waals surface area contributed by atoms with Crippen molar-refractivity contribution in [3.8, 4) is 22.5 Å². The predicted octanol–water partition coefficient (Wildman–Crippen LogP) is 4.27. The second-order valence-electron chi connectivity index (χ2n) is 6.06. The maximum absolute atomic E-state index is 4.59. The minimum absolute atomic E-state index is 0.963. The molecule has 0 aliphatic carbocycles. The third-order valence-corrected chi connectivity index (χ3v) is 4.45. The lowest BCUT2D eigenvalue weighted by Crippen LogP contribution is -1.94. The highest BCUT2D eigenvalue weighted by Crippen LogP contribution is 2.25. The lowest BCUT2D eigenvalue weighted by molar-refractivity contribution is 1.08. The molecule has 0 amide bonds.